The van der Waals surface area contributed by atoms with Crippen molar-refractivity contribution in [3.8, 4) is 0 Å². The van der Waals surface area contributed by atoms with E-state index in [9.17, 15) is 4.79 Å². The fourth-order valence-corrected chi connectivity index (χ4v) is 3.05. The molecule has 1 amide bonds. The molecule has 1 aromatic heterocycles. The van der Waals surface area contributed by atoms with Crippen molar-refractivity contribution >= 4 is 27.5 Å². The molecule has 0 bridgehead atoms. The quantitative estimate of drug-likeness (QED) is 0.920. The lowest BCUT2D eigenvalue weighted by Crippen LogP contribution is -2.40. The van der Waals surface area contributed by atoms with Crippen LogP contribution in [-0.2, 0) is 0 Å². The summed E-state index contributed by atoms with van der Waals surface area (Å²) in [5.41, 5.74) is 1.22. The second-order valence-corrected chi connectivity index (χ2v) is 5.92. The molecule has 1 N–H and O–H groups in total. The number of nitrogens with one attached hydrogen (secondary N) is 1. The Morgan fingerprint density at radius 1 is 1.29 bits per heavy atom. The predicted octanol–water partition coefficient (Wildman–Crippen LogP) is 3.44. The monoisotopic (exact) mass is 348 g/mol. The number of anilines is 1. The van der Waals surface area contributed by atoms with Gasteiger partial charge in [0, 0.05) is 24.8 Å². The molecular formula is C16H17BrN2O2. The van der Waals surface area contributed by atoms with Crippen molar-refractivity contribution in [2.75, 3.05) is 18.0 Å². The number of halogens is 1. The maximum absolute atomic E-state index is 12.0. The van der Waals surface area contributed by atoms with E-state index in [1.807, 2.05) is 18.2 Å². The highest BCUT2D eigenvalue weighted by molar-refractivity contribution is 9.10. The van der Waals surface area contributed by atoms with Gasteiger partial charge < -0.3 is 14.6 Å². The van der Waals surface area contributed by atoms with Crippen molar-refractivity contribution in [1.82, 2.24) is 5.32 Å². The van der Waals surface area contributed by atoms with E-state index in [2.05, 4.69) is 38.3 Å². The van der Waals surface area contributed by atoms with Crippen LogP contribution < -0.4 is 10.2 Å². The average Bonchev–Trinajstić information content (AvgIpc) is 3.14. The van der Waals surface area contributed by atoms with Crippen molar-refractivity contribution in [2.45, 2.75) is 18.9 Å². The van der Waals surface area contributed by atoms with Crippen LogP contribution in [0.3, 0.4) is 0 Å². The third-order valence-corrected chi connectivity index (χ3v) is 4.19. The molecule has 0 saturated carbocycles. The second kappa shape index (κ2) is 6.35. The maximum atomic E-state index is 12.0. The highest BCUT2D eigenvalue weighted by atomic mass is 79.9. The third kappa shape index (κ3) is 3.29. The largest absolute Gasteiger partial charge is 0.444 e. The van der Waals surface area contributed by atoms with Gasteiger partial charge in [0.2, 0.25) is 0 Å². The summed E-state index contributed by atoms with van der Waals surface area (Å²) in [4.78, 5) is 14.4. The minimum absolute atomic E-state index is 0.166. The molecule has 1 saturated heterocycles. The number of carbonyl (C=O) groups excluding carboxylic acids is 1. The molecule has 1 atom stereocenters. The normalized spacial score (nSPS) is 18.0. The number of amides is 1. The number of benzene rings is 1. The summed E-state index contributed by atoms with van der Waals surface area (Å²) in [5, 5.41) is 2.96. The standard InChI is InChI=1S/C16H17BrN2O2/c17-15-9-8-14(21-15)16(20)18-11-13-7-4-10-19(13)12-5-2-1-3-6-12/h1-3,5-6,8-9,13H,4,7,10-11H2,(H,18,20)/t13-/m0/s1. The van der Waals surface area contributed by atoms with E-state index < -0.39 is 0 Å². The molecule has 1 aliphatic rings. The molecule has 0 aliphatic carbocycles. The van der Waals surface area contributed by atoms with Crippen molar-refractivity contribution < 1.29 is 9.21 Å². The summed E-state index contributed by atoms with van der Waals surface area (Å²) in [6.45, 7) is 1.67. The molecule has 5 heteroatoms. The van der Waals surface area contributed by atoms with Gasteiger partial charge >= 0.3 is 0 Å². The number of rotatable bonds is 4. The molecule has 0 unspecified atom stereocenters. The van der Waals surface area contributed by atoms with Crippen LogP contribution >= 0.6 is 15.9 Å². The van der Waals surface area contributed by atoms with Crippen molar-refractivity contribution in [3.05, 3.63) is 52.9 Å². The first-order valence-electron chi connectivity index (χ1n) is 7.09. The van der Waals surface area contributed by atoms with Gasteiger partial charge in [-0.1, -0.05) is 18.2 Å². The van der Waals surface area contributed by atoms with Crippen LogP contribution in [-0.4, -0.2) is 25.0 Å². The molecular weight excluding hydrogens is 332 g/mol. The van der Waals surface area contributed by atoms with Gasteiger partial charge in [-0.05, 0) is 53.0 Å². The smallest absolute Gasteiger partial charge is 0.287 e. The number of carbonyl (C=O) groups is 1. The summed E-state index contributed by atoms with van der Waals surface area (Å²) < 4.78 is 5.83. The van der Waals surface area contributed by atoms with E-state index in [0.717, 1.165) is 19.4 Å². The van der Waals surface area contributed by atoms with E-state index in [1.54, 1.807) is 12.1 Å². The Morgan fingerprint density at radius 3 is 2.81 bits per heavy atom. The number of furan rings is 1. The summed E-state index contributed by atoms with van der Waals surface area (Å²) in [6, 6.07) is 14.1. The molecule has 2 aromatic rings. The van der Waals surface area contributed by atoms with E-state index in [4.69, 9.17) is 4.42 Å². The van der Waals surface area contributed by atoms with Gasteiger partial charge in [-0.15, -0.1) is 0 Å². The van der Waals surface area contributed by atoms with Crippen LogP contribution in [0.1, 0.15) is 23.4 Å². The highest BCUT2D eigenvalue weighted by Gasteiger charge is 2.25. The fourth-order valence-electron chi connectivity index (χ4n) is 2.74. The number of nitrogens with zero attached hydrogens (tertiary/aromatic N) is 1. The molecule has 1 aliphatic heterocycles. The van der Waals surface area contributed by atoms with Crippen LogP contribution in [0.4, 0.5) is 5.69 Å². The SMILES string of the molecule is O=C(NC[C@@H]1CCCN1c1ccccc1)c1ccc(Br)o1. The first kappa shape index (κ1) is 14.2. The lowest BCUT2D eigenvalue weighted by molar-refractivity contribution is 0.0922. The zero-order valence-electron chi connectivity index (χ0n) is 11.6. The van der Waals surface area contributed by atoms with Gasteiger partial charge in [0.15, 0.2) is 10.4 Å². The predicted molar refractivity (Wildman–Crippen MR) is 85.6 cm³/mol. The number of para-hydroxylation sites is 1. The Hall–Kier alpha value is -1.75. The molecule has 110 valence electrons. The molecule has 21 heavy (non-hydrogen) atoms. The molecule has 0 radical (unpaired) electrons. The van der Waals surface area contributed by atoms with Gasteiger partial charge in [0.25, 0.3) is 5.91 Å². The summed E-state index contributed by atoms with van der Waals surface area (Å²) >= 11 is 3.20. The second-order valence-electron chi connectivity index (χ2n) is 5.14. The zero-order valence-corrected chi connectivity index (χ0v) is 13.2. The lowest BCUT2D eigenvalue weighted by Gasteiger charge is -2.26. The van der Waals surface area contributed by atoms with E-state index >= 15 is 0 Å². The highest BCUT2D eigenvalue weighted by Crippen LogP contribution is 2.24. The Labute approximate surface area is 132 Å². The lowest BCUT2D eigenvalue weighted by atomic mass is 10.2. The van der Waals surface area contributed by atoms with Gasteiger partial charge in [0.05, 0.1) is 0 Å². The molecule has 1 fully saturated rings. The first-order chi connectivity index (χ1) is 10.2. The Bertz CT molecular complexity index is 612. The third-order valence-electron chi connectivity index (χ3n) is 3.76. The van der Waals surface area contributed by atoms with Gasteiger partial charge in [-0.3, -0.25) is 4.79 Å². The van der Waals surface area contributed by atoms with Crippen molar-refractivity contribution in [1.29, 1.82) is 0 Å². The van der Waals surface area contributed by atoms with Gasteiger partial charge in [-0.2, -0.15) is 0 Å². The van der Waals surface area contributed by atoms with Crippen LogP contribution in [0.5, 0.6) is 0 Å². The van der Waals surface area contributed by atoms with E-state index in [1.165, 1.54) is 5.69 Å². The van der Waals surface area contributed by atoms with Crippen LogP contribution in [0.15, 0.2) is 51.6 Å². The van der Waals surface area contributed by atoms with Gasteiger partial charge in [0.1, 0.15) is 0 Å². The van der Waals surface area contributed by atoms with Crippen LogP contribution in [0.25, 0.3) is 0 Å². The van der Waals surface area contributed by atoms with E-state index in [-0.39, 0.29) is 5.91 Å². The topological polar surface area (TPSA) is 45.5 Å². The Kier molecular flexibility index (Phi) is 4.29. The Morgan fingerprint density at radius 2 is 2.10 bits per heavy atom. The van der Waals surface area contributed by atoms with Crippen molar-refractivity contribution in [3.63, 3.8) is 0 Å². The maximum Gasteiger partial charge on any atom is 0.287 e. The molecule has 3 rings (SSSR count). The molecule has 4 nitrogen and oxygen atoms in total. The summed E-state index contributed by atoms with van der Waals surface area (Å²) in [5.74, 6) is 0.173. The first-order valence-corrected chi connectivity index (χ1v) is 7.88. The molecule has 2 heterocycles. The fraction of sp³-hybridized carbons (Fsp3) is 0.312. The van der Waals surface area contributed by atoms with Crippen LogP contribution in [0, 0.1) is 0 Å². The minimum atomic E-state index is -0.166. The summed E-state index contributed by atoms with van der Waals surface area (Å²) in [7, 11) is 0. The minimum Gasteiger partial charge on any atom is -0.444 e. The summed E-state index contributed by atoms with van der Waals surface area (Å²) in [6.07, 6.45) is 2.25. The molecule has 1 aromatic carbocycles. The van der Waals surface area contributed by atoms with Gasteiger partial charge in [-0.25, -0.2) is 0 Å². The average molecular weight is 349 g/mol. The molecule has 0 spiro atoms. The van der Waals surface area contributed by atoms with Crippen molar-refractivity contribution in [2.24, 2.45) is 0 Å². The van der Waals surface area contributed by atoms with Crippen LogP contribution in [0.2, 0.25) is 0 Å². The Balaban J connectivity index is 1.61. The number of hydrogen-bond donors (Lipinski definition) is 1. The van der Waals surface area contributed by atoms with E-state index in [0.29, 0.717) is 23.0 Å². The zero-order chi connectivity index (χ0) is 14.7. The number of hydrogen-bond acceptors (Lipinski definition) is 3.